The Kier molecular flexibility index (Phi) is 3.25. The summed E-state index contributed by atoms with van der Waals surface area (Å²) < 4.78 is 7.73. The topological polar surface area (TPSA) is 34.4 Å². The molecule has 0 saturated heterocycles. The van der Waals surface area contributed by atoms with Crippen LogP contribution < -0.4 is 4.74 Å². The van der Waals surface area contributed by atoms with Crippen molar-refractivity contribution in [2.24, 2.45) is 0 Å². The summed E-state index contributed by atoms with van der Waals surface area (Å²) in [6.45, 7) is 3.20. The third-order valence-corrected chi connectivity index (χ3v) is 3.65. The molecule has 0 bridgehead atoms. The second-order valence-electron chi connectivity index (χ2n) is 4.94. The van der Waals surface area contributed by atoms with Crippen LogP contribution in [0.1, 0.15) is 29.7 Å². The molecule has 0 amide bonds. The van der Waals surface area contributed by atoms with E-state index in [9.17, 15) is 5.11 Å². The van der Waals surface area contributed by atoms with Crippen LogP contribution in [0.15, 0.2) is 30.6 Å². The molecule has 0 spiro atoms. The van der Waals surface area contributed by atoms with E-state index in [2.05, 4.69) is 0 Å². The first kappa shape index (κ1) is 12.6. The SMILES string of the molecule is CC(O)c1ccn(Cc2cc(Cl)cc3c2OCC3)c1. The van der Waals surface area contributed by atoms with E-state index in [0.717, 1.165) is 34.9 Å². The van der Waals surface area contributed by atoms with Gasteiger partial charge in [0.15, 0.2) is 0 Å². The van der Waals surface area contributed by atoms with Gasteiger partial charge in [-0.3, -0.25) is 0 Å². The predicted molar refractivity (Wildman–Crippen MR) is 74.8 cm³/mol. The van der Waals surface area contributed by atoms with Crippen molar-refractivity contribution in [2.45, 2.75) is 26.0 Å². The maximum absolute atomic E-state index is 9.54. The minimum Gasteiger partial charge on any atom is -0.493 e. The van der Waals surface area contributed by atoms with Gasteiger partial charge in [-0.15, -0.1) is 0 Å². The van der Waals surface area contributed by atoms with Gasteiger partial charge >= 0.3 is 0 Å². The number of fused-ring (bicyclic) bond motifs is 1. The van der Waals surface area contributed by atoms with E-state index in [-0.39, 0.29) is 0 Å². The maximum atomic E-state index is 9.54. The minimum atomic E-state index is -0.442. The van der Waals surface area contributed by atoms with Crippen LogP contribution in [-0.4, -0.2) is 16.3 Å². The summed E-state index contributed by atoms with van der Waals surface area (Å²) in [6.07, 6.45) is 4.40. The van der Waals surface area contributed by atoms with E-state index in [1.165, 1.54) is 5.56 Å². The lowest BCUT2D eigenvalue weighted by Crippen LogP contribution is -2.00. The molecule has 4 heteroatoms. The highest BCUT2D eigenvalue weighted by molar-refractivity contribution is 6.30. The molecule has 3 rings (SSSR count). The summed E-state index contributed by atoms with van der Waals surface area (Å²) in [4.78, 5) is 0. The molecule has 0 radical (unpaired) electrons. The van der Waals surface area contributed by atoms with Crippen molar-refractivity contribution in [3.05, 3.63) is 52.3 Å². The third-order valence-electron chi connectivity index (χ3n) is 3.43. The molecule has 0 fully saturated rings. The van der Waals surface area contributed by atoms with Crippen molar-refractivity contribution < 1.29 is 9.84 Å². The van der Waals surface area contributed by atoms with Crippen molar-refractivity contribution in [1.29, 1.82) is 0 Å². The summed E-state index contributed by atoms with van der Waals surface area (Å²) in [5.41, 5.74) is 3.19. The van der Waals surface area contributed by atoms with Crippen LogP contribution in [0.2, 0.25) is 5.02 Å². The predicted octanol–water partition coefficient (Wildman–Crippen LogP) is 3.18. The van der Waals surface area contributed by atoms with Crippen LogP contribution in [0, 0.1) is 0 Å². The molecule has 19 heavy (non-hydrogen) atoms. The zero-order valence-electron chi connectivity index (χ0n) is 10.8. The molecule has 2 aromatic rings. The number of halogens is 1. The van der Waals surface area contributed by atoms with Crippen LogP contribution in [0.5, 0.6) is 5.75 Å². The maximum Gasteiger partial charge on any atom is 0.127 e. The fraction of sp³-hybridized carbons (Fsp3) is 0.333. The second-order valence-corrected chi connectivity index (χ2v) is 5.38. The molecule has 1 aliphatic rings. The van der Waals surface area contributed by atoms with Crippen molar-refractivity contribution >= 4 is 11.6 Å². The van der Waals surface area contributed by atoms with E-state index >= 15 is 0 Å². The lowest BCUT2D eigenvalue weighted by Gasteiger charge is -2.10. The van der Waals surface area contributed by atoms with E-state index in [1.54, 1.807) is 6.92 Å². The molecule has 1 aromatic carbocycles. The number of nitrogens with zero attached hydrogens (tertiary/aromatic N) is 1. The number of benzene rings is 1. The first-order chi connectivity index (χ1) is 9.13. The number of aromatic nitrogens is 1. The average molecular weight is 278 g/mol. The van der Waals surface area contributed by atoms with Crippen molar-refractivity contribution in [3.8, 4) is 5.75 Å². The number of hydrogen-bond donors (Lipinski definition) is 1. The molecule has 1 aromatic heterocycles. The van der Waals surface area contributed by atoms with Crippen molar-refractivity contribution in [2.75, 3.05) is 6.61 Å². The zero-order valence-corrected chi connectivity index (χ0v) is 11.5. The average Bonchev–Trinajstić information content (AvgIpc) is 2.96. The van der Waals surface area contributed by atoms with Gasteiger partial charge in [0, 0.05) is 29.4 Å². The molecular weight excluding hydrogens is 262 g/mol. The molecule has 0 aliphatic carbocycles. The first-order valence-electron chi connectivity index (χ1n) is 6.41. The Morgan fingerprint density at radius 1 is 1.47 bits per heavy atom. The highest BCUT2D eigenvalue weighted by atomic mass is 35.5. The Bertz CT molecular complexity index is 604. The lowest BCUT2D eigenvalue weighted by molar-refractivity contribution is 0.199. The van der Waals surface area contributed by atoms with Gasteiger partial charge in [-0.25, -0.2) is 0 Å². The van der Waals surface area contributed by atoms with E-state index in [4.69, 9.17) is 16.3 Å². The molecular formula is C15H16ClNO2. The fourth-order valence-electron chi connectivity index (χ4n) is 2.46. The van der Waals surface area contributed by atoms with Crippen LogP contribution in [0.4, 0.5) is 0 Å². The lowest BCUT2D eigenvalue weighted by atomic mass is 10.1. The molecule has 3 nitrogen and oxygen atoms in total. The fourth-order valence-corrected chi connectivity index (χ4v) is 2.73. The minimum absolute atomic E-state index is 0.442. The highest BCUT2D eigenvalue weighted by Crippen LogP contribution is 2.33. The molecule has 100 valence electrons. The highest BCUT2D eigenvalue weighted by Gasteiger charge is 2.17. The monoisotopic (exact) mass is 277 g/mol. The first-order valence-corrected chi connectivity index (χ1v) is 6.79. The normalized spacial score (nSPS) is 15.1. The zero-order chi connectivity index (χ0) is 13.4. The van der Waals surface area contributed by atoms with Gasteiger partial charge < -0.3 is 14.4 Å². The van der Waals surface area contributed by atoms with Gasteiger partial charge in [0.25, 0.3) is 0 Å². The summed E-state index contributed by atoms with van der Waals surface area (Å²) >= 11 is 6.15. The Labute approximate surface area is 117 Å². The van der Waals surface area contributed by atoms with E-state index in [1.807, 2.05) is 35.2 Å². The Morgan fingerprint density at radius 3 is 3.05 bits per heavy atom. The van der Waals surface area contributed by atoms with Gasteiger partial charge in [0.1, 0.15) is 5.75 Å². The molecule has 2 heterocycles. The number of rotatable bonds is 3. The van der Waals surface area contributed by atoms with Crippen LogP contribution >= 0.6 is 11.6 Å². The molecule has 0 saturated carbocycles. The van der Waals surface area contributed by atoms with Gasteiger partial charge in [0.2, 0.25) is 0 Å². The largest absolute Gasteiger partial charge is 0.493 e. The van der Waals surface area contributed by atoms with Gasteiger partial charge in [-0.05, 0) is 36.2 Å². The molecule has 1 unspecified atom stereocenters. The Hall–Kier alpha value is -1.45. The van der Waals surface area contributed by atoms with Gasteiger partial charge in [0.05, 0.1) is 19.3 Å². The smallest absolute Gasteiger partial charge is 0.127 e. The third kappa shape index (κ3) is 2.48. The molecule has 1 atom stereocenters. The summed E-state index contributed by atoms with van der Waals surface area (Å²) in [5, 5.41) is 10.3. The van der Waals surface area contributed by atoms with E-state index < -0.39 is 6.10 Å². The van der Waals surface area contributed by atoms with Gasteiger partial charge in [-0.2, -0.15) is 0 Å². The van der Waals surface area contributed by atoms with E-state index in [0.29, 0.717) is 6.54 Å². The van der Waals surface area contributed by atoms with Crippen LogP contribution in [0.3, 0.4) is 0 Å². The standard InChI is InChI=1S/C15H16ClNO2/c1-10(18)12-2-4-17(8-12)9-13-7-14(16)6-11-3-5-19-15(11)13/h2,4,6-8,10,18H,3,5,9H2,1H3. The number of ether oxygens (including phenoxy) is 1. The summed E-state index contributed by atoms with van der Waals surface area (Å²) in [6, 6.07) is 5.86. The number of hydrogen-bond acceptors (Lipinski definition) is 2. The summed E-state index contributed by atoms with van der Waals surface area (Å²) in [5.74, 6) is 0.969. The number of aliphatic hydroxyl groups is 1. The van der Waals surface area contributed by atoms with Crippen LogP contribution in [0.25, 0.3) is 0 Å². The van der Waals surface area contributed by atoms with Crippen LogP contribution in [-0.2, 0) is 13.0 Å². The second kappa shape index (κ2) is 4.91. The quantitative estimate of drug-likeness (QED) is 0.935. The van der Waals surface area contributed by atoms with Crippen molar-refractivity contribution in [1.82, 2.24) is 4.57 Å². The Morgan fingerprint density at radius 2 is 2.32 bits per heavy atom. The Balaban J connectivity index is 1.90. The number of aliphatic hydroxyl groups excluding tert-OH is 1. The van der Waals surface area contributed by atoms with Gasteiger partial charge in [-0.1, -0.05) is 11.6 Å². The van der Waals surface area contributed by atoms with Crippen molar-refractivity contribution in [3.63, 3.8) is 0 Å². The molecule has 1 aliphatic heterocycles. The summed E-state index contributed by atoms with van der Waals surface area (Å²) in [7, 11) is 0. The molecule has 1 N–H and O–H groups in total.